The summed E-state index contributed by atoms with van der Waals surface area (Å²) in [7, 11) is 0. The van der Waals surface area contributed by atoms with Crippen molar-refractivity contribution < 1.29 is 5.11 Å². The molecule has 0 unspecified atom stereocenters. The highest BCUT2D eigenvalue weighted by Gasteiger charge is 2.36. The van der Waals surface area contributed by atoms with Crippen molar-refractivity contribution in [2.75, 3.05) is 0 Å². The summed E-state index contributed by atoms with van der Waals surface area (Å²) >= 11 is 0. The quantitative estimate of drug-likeness (QED) is 0.439. The lowest BCUT2D eigenvalue weighted by Crippen LogP contribution is -2.37. The lowest BCUT2D eigenvalue weighted by atomic mass is 9.73. The fraction of sp³-hybridized carbons (Fsp3) is 1.00. The molecule has 0 spiro atoms. The van der Waals surface area contributed by atoms with Gasteiger partial charge in [0.05, 0.1) is 0 Å². The molecule has 0 aromatic heterocycles. The number of hydrogen-bond donors (Lipinski definition) is 0. The van der Waals surface area contributed by atoms with E-state index in [0.717, 1.165) is 12.8 Å². The van der Waals surface area contributed by atoms with E-state index in [1.54, 1.807) is 6.92 Å². The van der Waals surface area contributed by atoms with Crippen LogP contribution in [0.3, 0.4) is 0 Å². The van der Waals surface area contributed by atoms with Crippen molar-refractivity contribution >= 4 is 0 Å². The fourth-order valence-electron chi connectivity index (χ4n) is 1.41. The minimum atomic E-state index is -0.556. The Morgan fingerprint density at radius 1 is 1.57 bits per heavy atom. The van der Waals surface area contributed by atoms with Crippen LogP contribution in [-0.2, 0) is 5.11 Å². The Kier molecular flexibility index (Phi) is 0.890. The third kappa shape index (κ3) is 0.942. The van der Waals surface area contributed by atoms with Gasteiger partial charge in [0.1, 0.15) is 5.60 Å². The third-order valence-electron chi connectivity index (χ3n) is 1.56. The average molecular weight is 99.2 g/mol. The first kappa shape index (κ1) is 5.10. The summed E-state index contributed by atoms with van der Waals surface area (Å²) in [6.45, 7) is 3.91. The summed E-state index contributed by atoms with van der Waals surface area (Å²) in [5.41, 5.74) is -0.556. The molecule has 0 atom stereocenters. The van der Waals surface area contributed by atoms with Crippen molar-refractivity contribution in [2.24, 2.45) is 5.92 Å². The molecular weight excluding hydrogens is 88.1 g/mol. The van der Waals surface area contributed by atoms with Crippen LogP contribution in [0.15, 0.2) is 0 Å². The van der Waals surface area contributed by atoms with Crippen molar-refractivity contribution in [1.29, 1.82) is 0 Å². The lowest BCUT2D eigenvalue weighted by molar-refractivity contribution is -0.104. The van der Waals surface area contributed by atoms with E-state index in [0.29, 0.717) is 5.92 Å². The molecule has 0 N–H and O–H groups in total. The van der Waals surface area contributed by atoms with Crippen molar-refractivity contribution in [3.05, 3.63) is 0 Å². The summed E-state index contributed by atoms with van der Waals surface area (Å²) in [5, 5.41) is 10.8. The normalized spacial score (nSPS) is 51.0. The first-order valence-electron chi connectivity index (χ1n) is 2.81. The molecule has 0 saturated heterocycles. The molecule has 0 aromatic rings. The first-order valence-corrected chi connectivity index (χ1v) is 2.81. The summed E-state index contributed by atoms with van der Waals surface area (Å²) < 4.78 is 0. The lowest BCUT2D eigenvalue weighted by Gasteiger charge is -2.36. The maximum absolute atomic E-state index is 10.8. The zero-order valence-electron chi connectivity index (χ0n) is 4.90. The molecule has 0 bridgehead atoms. The minimum Gasteiger partial charge on any atom is -0.230 e. The zero-order valence-corrected chi connectivity index (χ0v) is 4.90. The number of rotatable bonds is 0. The predicted octanol–water partition coefficient (Wildman–Crippen LogP) is 1.61. The van der Waals surface area contributed by atoms with Gasteiger partial charge in [-0.15, -0.1) is 0 Å². The standard InChI is InChI=1S/C6H11O/c1-5-3-6(2,7)4-5/h5H,3-4H2,1-2H3. The van der Waals surface area contributed by atoms with Crippen LogP contribution in [0, 0.1) is 5.92 Å². The van der Waals surface area contributed by atoms with E-state index in [1.165, 1.54) is 0 Å². The topological polar surface area (TPSA) is 19.9 Å². The first-order chi connectivity index (χ1) is 3.10. The molecule has 1 aliphatic carbocycles. The molecular formula is C6H11O. The molecule has 41 valence electrons. The van der Waals surface area contributed by atoms with Gasteiger partial charge in [-0.05, 0) is 25.7 Å². The van der Waals surface area contributed by atoms with Crippen LogP contribution >= 0.6 is 0 Å². The second kappa shape index (κ2) is 1.22. The van der Waals surface area contributed by atoms with E-state index < -0.39 is 5.60 Å². The van der Waals surface area contributed by atoms with E-state index >= 15 is 0 Å². The predicted molar refractivity (Wildman–Crippen MR) is 27.5 cm³/mol. The van der Waals surface area contributed by atoms with Gasteiger partial charge in [0, 0.05) is 0 Å². The number of hydrogen-bond acceptors (Lipinski definition) is 0. The highest BCUT2D eigenvalue weighted by atomic mass is 16.3. The zero-order chi connectivity index (χ0) is 5.49. The SMILES string of the molecule is CC1CC(C)([O])C1. The van der Waals surface area contributed by atoms with Gasteiger partial charge >= 0.3 is 0 Å². The van der Waals surface area contributed by atoms with Gasteiger partial charge < -0.3 is 0 Å². The average Bonchev–Trinajstić information content (AvgIpc) is 1.27. The Bertz CT molecular complexity index is 68.2. The van der Waals surface area contributed by atoms with Crippen molar-refractivity contribution in [3.63, 3.8) is 0 Å². The van der Waals surface area contributed by atoms with Gasteiger partial charge in [0.15, 0.2) is 0 Å². The Labute approximate surface area is 44.4 Å². The summed E-state index contributed by atoms with van der Waals surface area (Å²) in [6, 6.07) is 0. The second-order valence-electron chi connectivity index (χ2n) is 2.96. The van der Waals surface area contributed by atoms with Crippen molar-refractivity contribution in [3.8, 4) is 0 Å². The highest BCUT2D eigenvalue weighted by Crippen LogP contribution is 2.36. The molecule has 0 aromatic carbocycles. The molecule has 1 aliphatic rings. The summed E-state index contributed by atoms with van der Waals surface area (Å²) in [5.74, 6) is 0.697. The van der Waals surface area contributed by atoms with E-state index in [1.807, 2.05) is 0 Å². The van der Waals surface area contributed by atoms with Crippen LogP contribution in [-0.4, -0.2) is 5.60 Å². The van der Waals surface area contributed by atoms with E-state index in [2.05, 4.69) is 6.92 Å². The molecule has 7 heavy (non-hydrogen) atoms. The van der Waals surface area contributed by atoms with Crippen LogP contribution in [0.4, 0.5) is 0 Å². The van der Waals surface area contributed by atoms with E-state index in [-0.39, 0.29) is 0 Å². The summed E-state index contributed by atoms with van der Waals surface area (Å²) in [6.07, 6.45) is 1.76. The van der Waals surface area contributed by atoms with Crippen LogP contribution in [0.5, 0.6) is 0 Å². The smallest absolute Gasteiger partial charge is 0.101 e. The molecule has 1 radical (unpaired) electrons. The maximum atomic E-state index is 10.8. The van der Waals surface area contributed by atoms with Gasteiger partial charge in [0.25, 0.3) is 0 Å². The molecule has 0 amide bonds. The fourth-order valence-corrected chi connectivity index (χ4v) is 1.41. The molecule has 1 rings (SSSR count). The molecule has 1 heteroatoms. The van der Waals surface area contributed by atoms with Crippen molar-refractivity contribution in [1.82, 2.24) is 0 Å². The molecule has 0 aliphatic heterocycles. The van der Waals surface area contributed by atoms with Crippen LogP contribution in [0.25, 0.3) is 0 Å². The van der Waals surface area contributed by atoms with Crippen LogP contribution < -0.4 is 0 Å². The molecule has 1 saturated carbocycles. The molecule has 1 nitrogen and oxygen atoms in total. The van der Waals surface area contributed by atoms with Crippen LogP contribution in [0.2, 0.25) is 0 Å². The Balaban J connectivity index is 2.29. The molecule has 0 heterocycles. The summed E-state index contributed by atoms with van der Waals surface area (Å²) in [4.78, 5) is 0. The third-order valence-corrected chi connectivity index (χ3v) is 1.56. The van der Waals surface area contributed by atoms with Gasteiger partial charge in [-0.3, -0.25) is 0 Å². The highest BCUT2D eigenvalue weighted by molar-refractivity contribution is 4.87. The maximum Gasteiger partial charge on any atom is 0.101 e. The Morgan fingerprint density at radius 2 is 2.00 bits per heavy atom. The van der Waals surface area contributed by atoms with Gasteiger partial charge in [-0.1, -0.05) is 6.92 Å². The largest absolute Gasteiger partial charge is 0.230 e. The second-order valence-corrected chi connectivity index (χ2v) is 2.96. The van der Waals surface area contributed by atoms with Gasteiger partial charge in [0.2, 0.25) is 0 Å². The molecule has 1 fully saturated rings. The van der Waals surface area contributed by atoms with E-state index in [9.17, 15) is 5.11 Å². The van der Waals surface area contributed by atoms with Crippen molar-refractivity contribution in [2.45, 2.75) is 32.3 Å². The van der Waals surface area contributed by atoms with Gasteiger partial charge in [-0.25, -0.2) is 5.11 Å². The Hall–Kier alpha value is -0.0400. The van der Waals surface area contributed by atoms with Gasteiger partial charge in [-0.2, -0.15) is 0 Å². The Morgan fingerprint density at radius 3 is 2.00 bits per heavy atom. The van der Waals surface area contributed by atoms with E-state index in [4.69, 9.17) is 0 Å². The monoisotopic (exact) mass is 99.1 g/mol. The minimum absolute atomic E-state index is 0.556. The van der Waals surface area contributed by atoms with Crippen LogP contribution in [0.1, 0.15) is 26.7 Å².